The normalized spacial score (nSPS) is 7.00. The predicted molar refractivity (Wildman–Crippen MR) is 30.9 cm³/mol. The molecule has 0 amide bonds. The van der Waals surface area contributed by atoms with Gasteiger partial charge < -0.3 is 18.2 Å². The number of rotatable bonds is 0. The average Bonchev–Trinajstić information content (AvgIpc) is 1.25. The third kappa shape index (κ3) is 124. The van der Waals surface area contributed by atoms with Gasteiger partial charge in [-0.05, 0) is 0 Å². The van der Waals surface area contributed by atoms with Gasteiger partial charge in [0.2, 0.25) is 0 Å². The molecule has 52 valence electrons. The molecule has 0 rings (SSSR count). The second kappa shape index (κ2) is 17.9. The molecule has 0 atom stereocenters. The molecule has 0 saturated heterocycles. The molecular weight excluding hydrogens is 338 g/mol. The summed E-state index contributed by atoms with van der Waals surface area (Å²) in [4.78, 5) is 0. The van der Waals surface area contributed by atoms with Crippen LogP contribution in [0.15, 0.2) is 0 Å². The molecule has 0 bridgehead atoms. The van der Waals surface area contributed by atoms with Crippen molar-refractivity contribution in [2.24, 2.45) is 0 Å². The first-order valence-corrected chi connectivity index (χ1v) is 3.00. The van der Waals surface area contributed by atoms with E-state index < -0.39 is 22.7 Å². The zero-order chi connectivity index (χ0) is 7.15. The molecule has 10 heteroatoms. The second-order valence-corrected chi connectivity index (χ2v) is 1.22. The van der Waals surface area contributed by atoms with Crippen LogP contribution in [0.25, 0.3) is 0 Å². The van der Waals surface area contributed by atoms with E-state index in [-0.39, 0.29) is 86.6 Å². The van der Waals surface area contributed by atoms with Crippen molar-refractivity contribution in [3.05, 3.63) is 0 Å². The van der Waals surface area contributed by atoms with E-state index in [1.54, 1.807) is 0 Å². The van der Waals surface area contributed by atoms with Gasteiger partial charge >= 0.3 is 86.6 Å². The Labute approximate surface area is 133 Å². The fourth-order valence-electron chi connectivity index (χ4n) is 0. The zero-order valence-corrected chi connectivity index (χ0v) is 13.0. The zero-order valence-electron chi connectivity index (χ0n) is 4.68. The Kier molecular flexibility index (Phi) is 41.4. The van der Waals surface area contributed by atoms with E-state index in [4.69, 9.17) is 26.6 Å². The van der Waals surface area contributed by atoms with Crippen LogP contribution in [0.1, 0.15) is 0 Å². The monoisotopic (exact) mass is 338 g/mol. The SMILES string of the molecule is O=S([O-])[O-].O=S([O-])[O-].[Ba+2].[Ca+2]. The molecule has 0 aromatic rings. The summed E-state index contributed by atoms with van der Waals surface area (Å²) in [5.74, 6) is 0. The van der Waals surface area contributed by atoms with Gasteiger partial charge in [-0.3, -0.25) is 8.42 Å². The first-order valence-electron chi connectivity index (χ1n) is 1.00. The summed E-state index contributed by atoms with van der Waals surface area (Å²) in [6, 6.07) is 0. The smallest absolute Gasteiger partial charge is 0.784 e. The van der Waals surface area contributed by atoms with Crippen LogP contribution in [0.4, 0.5) is 0 Å². The van der Waals surface area contributed by atoms with E-state index in [0.717, 1.165) is 0 Å². The van der Waals surface area contributed by atoms with E-state index in [1.165, 1.54) is 0 Å². The Balaban J connectivity index is -0.0000000300. The van der Waals surface area contributed by atoms with Crippen LogP contribution in [-0.4, -0.2) is 113 Å². The Morgan fingerprint density at radius 3 is 0.800 bits per heavy atom. The van der Waals surface area contributed by atoms with E-state index in [2.05, 4.69) is 0 Å². The Bertz CT molecular complexity index is 73.7. The van der Waals surface area contributed by atoms with Crippen molar-refractivity contribution in [2.75, 3.05) is 0 Å². The molecule has 0 unspecified atom stereocenters. The summed E-state index contributed by atoms with van der Waals surface area (Å²) in [5, 5.41) is 0. The van der Waals surface area contributed by atoms with Crippen LogP contribution in [0, 0.1) is 0 Å². The Morgan fingerprint density at radius 1 is 0.800 bits per heavy atom. The van der Waals surface area contributed by atoms with Gasteiger partial charge in [0.1, 0.15) is 0 Å². The molecule has 0 fully saturated rings. The molecule has 0 aromatic heterocycles. The minimum absolute atomic E-state index is 0. The Morgan fingerprint density at radius 2 is 0.800 bits per heavy atom. The van der Waals surface area contributed by atoms with Crippen molar-refractivity contribution in [1.82, 2.24) is 0 Å². The first kappa shape index (κ1) is 23.1. The number of hydrogen-bond donors (Lipinski definition) is 0. The van der Waals surface area contributed by atoms with Crippen molar-refractivity contribution in [2.45, 2.75) is 0 Å². The van der Waals surface area contributed by atoms with Crippen molar-refractivity contribution < 1.29 is 26.6 Å². The van der Waals surface area contributed by atoms with Crippen LogP contribution < -0.4 is 0 Å². The maximum absolute atomic E-state index is 8.44. The average molecular weight is 338 g/mol. The minimum atomic E-state index is -3.11. The minimum Gasteiger partial charge on any atom is -0.784 e. The van der Waals surface area contributed by atoms with Gasteiger partial charge in [0.15, 0.2) is 0 Å². The summed E-state index contributed by atoms with van der Waals surface area (Å²) in [7, 11) is 0. The van der Waals surface area contributed by atoms with Crippen LogP contribution in [0.3, 0.4) is 0 Å². The summed E-state index contributed by atoms with van der Waals surface area (Å²) in [6.45, 7) is 0. The third-order valence-electron chi connectivity index (χ3n) is 0. The quantitative estimate of drug-likeness (QED) is 0.348. The molecule has 10 heavy (non-hydrogen) atoms. The van der Waals surface area contributed by atoms with Gasteiger partial charge in [-0.2, -0.15) is 0 Å². The van der Waals surface area contributed by atoms with E-state index >= 15 is 0 Å². The van der Waals surface area contributed by atoms with Gasteiger partial charge in [-0.1, -0.05) is 0 Å². The molecule has 6 nitrogen and oxygen atoms in total. The van der Waals surface area contributed by atoms with Crippen LogP contribution in [-0.2, 0) is 22.7 Å². The van der Waals surface area contributed by atoms with Gasteiger partial charge in [-0.25, -0.2) is 0 Å². The number of hydrogen-bond acceptors (Lipinski definition) is 6. The second-order valence-electron chi connectivity index (χ2n) is 0.408. The van der Waals surface area contributed by atoms with E-state index in [9.17, 15) is 0 Å². The summed E-state index contributed by atoms with van der Waals surface area (Å²) < 4.78 is 50.7. The summed E-state index contributed by atoms with van der Waals surface area (Å²) >= 11 is -6.22. The van der Waals surface area contributed by atoms with Crippen molar-refractivity contribution in [3.63, 3.8) is 0 Å². The van der Waals surface area contributed by atoms with Crippen LogP contribution >= 0.6 is 0 Å². The van der Waals surface area contributed by atoms with Gasteiger partial charge in [0.25, 0.3) is 0 Å². The molecule has 0 aliphatic carbocycles. The topological polar surface area (TPSA) is 126 Å². The van der Waals surface area contributed by atoms with Crippen LogP contribution in [0.2, 0.25) is 0 Å². The van der Waals surface area contributed by atoms with Crippen LogP contribution in [0.5, 0.6) is 0 Å². The third-order valence-corrected chi connectivity index (χ3v) is 0. The van der Waals surface area contributed by atoms with E-state index in [1.807, 2.05) is 0 Å². The molecular formula is BaCaO6S2. The molecule has 0 aliphatic heterocycles. The molecule has 0 N–H and O–H groups in total. The summed E-state index contributed by atoms with van der Waals surface area (Å²) in [5.41, 5.74) is 0. The largest absolute Gasteiger partial charge is 2.00 e. The molecule has 0 heterocycles. The van der Waals surface area contributed by atoms with Crippen molar-refractivity contribution in [3.8, 4) is 0 Å². The van der Waals surface area contributed by atoms with Gasteiger partial charge in [-0.15, -0.1) is 22.7 Å². The predicted octanol–water partition coefficient (Wildman–Crippen LogP) is -2.77. The van der Waals surface area contributed by atoms with Gasteiger partial charge in [0.05, 0.1) is 0 Å². The molecule has 0 radical (unpaired) electrons. The fraction of sp³-hybridized carbons (Fsp3) is 0. The fourth-order valence-corrected chi connectivity index (χ4v) is 0. The molecule has 0 aliphatic rings. The maximum atomic E-state index is 8.44. The first-order chi connectivity index (χ1) is 3.46. The molecule has 0 saturated carbocycles. The van der Waals surface area contributed by atoms with Crippen molar-refractivity contribution >= 4 is 109 Å². The maximum Gasteiger partial charge on any atom is 2.00 e. The summed E-state index contributed by atoms with van der Waals surface area (Å²) in [6.07, 6.45) is 0. The van der Waals surface area contributed by atoms with Gasteiger partial charge in [0, 0.05) is 0 Å². The molecule has 0 spiro atoms. The Hall–Kier alpha value is 2.97. The van der Waals surface area contributed by atoms with E-state index in [0.29, 0.717) is 0 Å². The van der Waals surface area contributed by atoms with Crippen molar-refractivity contribution in [1.29, 1.82) is 0 Å². The molecule has 0 aromatic carbocycles. The standard InChI is InChI=1S/Ba.Ca.2H2O3S/c;;2*1-4(2)3/h;;2*(H2,1,2,3)/q2*+2;;/p-4.